The summed E-state index contributed by atoms with van der Waals surface area (Å²) < 4.78 is 5.11. The van der Waals surface area contributed by atoms with Crippen molar-refractivity contribution in [3.63, 3.8) is 0 Å². The van der Waals surface area contributed by atoms with Crippen LogP contribution in [-0.2, 0) is 4.79 Å². The number of amides is 1. The van der Waals surface area contributed by atoms with E-state index in [1.807, 2.05) is 29.2 Å². The van der Waals surface area contributed by atoms with Crippen LogP contribution < -0.4 is 10.1 Å². The molecule has 2 rings (SSSR count). The van der Waals surface area contributed by atoms with E-state index < -0.39 is 0 Å². The van der Waals surface area contributed by atoms with Crippen LogP contribution in [0.4, 0.5) is 5.69 Å². The molecule has 0 atom stereocenters. The zero-order valence-electron chi connectivity index (χ0n) is 12.2. The van der Waals surface area contributed by atoms with E-state index in [1.54, 1.807) is 7.11 Å². The lowest BCUT2D eigenvalue weighted by Crippen LogP contribution is -2.32. The van der Waals surface area contributed by atoms with Gasteiger partial charge in [-0.1, -0.05) is 12.8 Å². The average Bonchev–Trinajstić information content (AvgIpc) is 2.77. The van der Waals surface area contributed by atoms with Gasteiger partial charge >= 0.3 is 0 Å². The number of ether oxygens (including phenoxy) is 1. The minimum Gasteiger partial charge on any atom is -0.497 e. The van der Waals surface area contributed by atoms with Gasteiger partial charge in [-0.25, -0.2) is 0 Å². The van der Waals surface area contributed by atoms with Crippen molar-refractivity contribution >= 4 is 11.6 Å². The molecule has 1 N–H and O–H groups in total. The van der Waals surface area contributed by atoms with Crippen molar-refractivity contribution in [2.75, 3.05) is 32.1 Å². The summed E-state index contributed by atoms with van der Waals surface area (Å²) in [5.41, 5.74) is 1.02. The summed E-state index contributed by atoms with van der Waals surface area (Å²) in [6, 6.07) is 7.77. The smallest absolute Gasteiger partial charge is 0.224 e. The second kappa shape index (κ2) is 7.78. The van der Waals surface area contributed by atoms with Crippen molar-refractivity contribution in [1.29, 1.82) is 0 Å². The zero-order valence-corrected chi connectivity index (χ0v) is 12.2. The van der Waals surface area contributed by atoms with Gasteiger partial charge in [-0.3, -0.25) is 4.79 Å². The lowest BCUT2D eigenvalue weighted by Gasteiger charge is -2.20. The van der Waals surface area contributed by atoms with E-state index >= 15 is 0 Å². The minimum absolute atomic E-state index is 0.271. The maximum atomic E-state index is 12.1. The Bertz CT molecular complexity index is 409. The number of nitrogens with one attached hydrogen (secondary N) is 1. The monoisotopic (exact) mass is 276 g/mol. The van der Waals surface area contributed by atoms with Crippen molar-refractivity contribution in [3.8, 4) is 5.75 Å². The van der Waals surface area contributed by atoms with Gasteiger partial charge in [-0.05, 0) is 37.1 Å². The van der Waals surface area contributed by atoms with Crippen molar-refractivity contribution < 1.29 is 9.53 Å². The third-order valence-corrected chi connectivity index (χ3v) is 3.72. The largest absolute Gasteiger partial charge is 0.497 e. The summed E-state index contributed by atoms with van der Waals surface area (Å²) in [6.45, 7) is 2.55. The molecule has 4 heteroatoms. The Labute approximate surface area is 121 Å². The molecular formula is C16H24N2O2. The average molecular weight is 276 g/mol. The third kappa shape index (κ3) is 4.44. The predicted molar refractivity (Wildman–Crippen MR) is 81.1 cm³/mol. The molecule has 1 saturated heterocycles. The predicted octanol–water partition coefficient (Wildman–Crippen LogP) is 2.90. The molecule has 0 radical (unpaired) electrons. The fourth-order valence-corrected chi connectivity index (χ4v) is 2.50. The molecule has 1 heterocycles. The van der Waals surface area contributed by atoms with Gasteiger partial charge in [0.1, 0.15) is 5.75 Å². The van der Waals surface area contributed by atoms with E-state index in [2.05, 4.69) is 5.32 Å². The lowest BCUT2D eigenvalue weighted by molar-refractivity contribution is -0.130. The first-order valence-electron chi connectivity index (χ1n) is 7.45. The van der Waals surface area contributed by atoms with Gasteiger partial charge in [0, 0.05) is 31.7 Å². The van der Waals surface area contributed by atoms with Gasteiger partial charge in [0.15, 0.2) is 0 Å². The first-order valence-corrected chi connectivity index (χ1v) is 7.45. The van der Waals surface area contributed by atoms with Crippen LogP contribution in [0.5, 0.6) is 5.75 Å². The Morgan fingerprint density at radius 3 is 2.40 bits per heavy atom. The summed E-state index contributed by atoms with van der Waals surface area (Å²) in [5.74, 6) is 1.11. The topological polar surface area (TPSA) is 41.6 Å². The Morgan fingerprint density at radius 2 is 1.80 bits per heavy atom. The van der Waals surface area contributed by atoms with Crippen molar-refractivity contribution in [2.45, 2.75) is 32.1 Å². The molecule has 0 aliphatic carbocycles. The molecule has 0 aromatic heterocycles. The highest BCUT2D eigenvalue weighted by Gasteiger charge is 2.14. The molecule has 4 nitrogen and oxygen atoms in total. The van der Waals surface area contributed by atoms with Crippen LogP contribution in [0.25, 0.3) is 0 Å². The first kappa shape index (κ1) is 14.7. The minimum atomic E-state index is 0.271. The molecule has 20 heavy (non-hydrogen) atoms. The number of anilines is 1. The van der Waals surface area contributed by atoms with Crippen LogP contribution in [0.1, 0.15) is 32.1 Å². The van der Waals surface area contributed by atoms with Gasteiger partial charge in [-0.2, -0.15) is 0 Å². The maximum Gasteiger partial charge on any atom is 0.224 e. The van der Waals surface area contributed by atoms with Crippen LogP contribution in [0.2, 0.25) is 0 Å². The molecule has 1 aromatic carbocycles. The number of methoxy groups -OCH3 is 1. The van der Waals surface area contributed by atoms with Gasteiger partial charge in [0.05, 0.1) is 7.11 Å². The number of benzene rings is 1. The standard InChI is InChI=1S/C16H24N2O2/c1-20-15-8-6-14(7-9-15)17-11-10-16(19)18-12-4-2-3-5-13-18/h6-9,17H,2-5,10-13H2,1H3. The summed E-state index contributed by atoms with van der Waals surface area (Å²) >= 11 is 0. The number of nitrogens with zero attached hydrogens (tertiary/aromatic N) is 1. The molecule has 0 bridgehead atoms. The van der Waals surface area contributed by atoms with Gasteiger partial charge in [0.25, 0.3) is 0 Å². The summed E-state index contributed by atoms with van der Waals surface area (Å²) in [7, 11) is 1.66. The Morgan fingerprint density at radius 1 is 1.15 bits per heavy atom. The molecule has 1 aliphatic heterocycles. The van der Waals surface area contributed by atoms with Crippen LogP contribution >= 0.6 is 0 Å². The number of hydrogen-bond donors (Lipinski definition) is 1. The molecule has 0 unspecified atom stereocenters. The fourth-order valence-electron chi connectivity index (χ4n) is 2.50. The molecule has 1 fully saturated rings. The van der Waals surface area contributed by atoms with E-state index in [0.29, 0.717) is 13.0 Å². The van der Waals surface area contributed by atoms with E-state index in [9.17, 15) is 4.79 Å². The van der Waals surface area contributed by atoms with Crippen LogP contribution in [0.3, 0.4) is 0 Å². The lowest BCUT2D eigenvalue weighted by atomic mass is 10.2. The van der Waals surface area contributed by atoms with Crippen LogP contribution in [-0.4, -0.2) is 37.6 Å². The number of likely N-dealkylation sites (tertiary alicyclic amines) is 1. The highest BCUT2D eigenvalue weighted by Crippen LogP contribution is 2.15. The molecule has 1 aliphatic rings. The van der Waals surface area contributed by atoms with E-state index in [0.717, 1.165) is 37.4 Å². The summed E-state index contributed by atoms with van der Waals surface area (Å²) in [5, 5.41) is 3.28. The Hall–Kier alpha value is -1.71. The number of hydrogen-bond acceptors (Lipinski definition) is 3. The van der Waals surface area contributed by atoms with Gasteiger partial charge in [-0.15, -0.1) is 0 Å². The second-order valence-corrected chi connectivity index (χ2v) is 5.20. The molecule has 0 saturated carbocycles. The van der Waals surface area contributed by atoms with Crippen LogP contribution in [0.15, 0.2) is 24.3 Å². The number of rotatable bonds is 5. The first-order chi connectivity index (χ1) is 9.79. The van der Waals surface area contributed by atoms with E-state index in [4.69, 9.17) is 4.74 Å². The van der Waals surface area contributed by atoms with E-state index in [1.165, 1.54) is 12.8 Å². The number of carbonyl (C=O) groups is 1. The highest BCUT2D eigenvalue weighted by atomic mass is 16.5. The quantitative estimate of drug-likeness (QED) is 0.899. The summed E-state index contributed by atoms with van der Waals surface area (Å²) in [4.78, 5) is 14.1. The van der Waals surface area contributed by atoms with Gasteiger partial charge in [0.2, 0.25) is 5.91 Å². The SMILES string of the molecule is COc1ccc(NCCC(=O)N2CCCCCC2)cc1. The Kier molecular flexibility index (Phi) is 5.71. The number of carbonyl (C=O) groups excluding carboxylic acids is 1. The van der Waals surface area contributed by atoms with Crippen LogP contribution in [0, 0.1) is 0 Å². The van der Waals surface area contributed by atoms with Crippen molar-refractivity contribution in [2.24, 2.45) is 0 Å². The highest BCUT2D eigenvalue weighted by molar-refractivity contribution is 5.76. The fraction of sp³-hybridized carbons (Fsp3) is 0.562. The third-order valence-electron chi connectivity index (χ3n) is 3.72. The molecule has 1 amide bonds. The molecular weight excluding hydrogens is 252 g/mol. The molecule has 0 spiro atoms. The van der Waals surface area contributed by atoms with Crippen molar-refractivity contribution in [1.82, 2.24) is 4.90 Å². The molecule has 1 aromatic rings. The van der Waals surface area contributed by atoms with E-state index in [-0.39, 0.29) is 5.91 Å². The molecule has 110 valence electrons. The normalized spacial score (nSPS) is 15.6. The second-order valence-electron chi connectivity index (χ2n) is 5.20. The van der Waals surface area contributed by atoms with Crippen molar-refractivity contribution in [3.05, 3.63) is 24.3 Å². The summed E-state index contributed by atoms with van der Waals surface area (Å²) in [6.07, 6.45) is 5.38. The maximum absolute atomic E-state index is 12.1. The Balaban J connectivity index is 1.72. The zero-order chi connectivity index (χ0) is 14.2. The van der Waals surface area contributed by atoms with Gasteiger partial charge < -0.3 is 15.0 Å².